The first-order valence-electron chi connectivity index (χ1n) is 11.8. The third kappa shape index (κ3) is 6.39. The lowest BCUT2D eigenvalue weighted by Crippen LogP contribution is -2.47. The first-order valence-corrected chi connectivity index (χ1v) is 11.8. The van der Waals surface area contributed by atoms with E-state index in [1.54, 1.807) is 7.11 Å². The average molecular weight is 447 g/mol. The fourth-order valence-electron chi connectivity index (χ4n) is 4.42. The van der Waals surface area contributed by atoms with Gasteiger partial charge in [0.1, 0.15) is 5.75 Å². The molecule has 1 aliphatic heterocycles. The van der Waals surface area contributed by atoms with Crippen molar-refractivity contribution in [2.24, 2.45) is 0 Å². The second-order valence-electron chi connectivity index (χ2n) is 8.49. The van der Waals surface area contributed by atoms with Gasteiger partial charge in [-0.15, -0.1) is 0 Å². The SMILES string of the molecule is COc1ccc(C(CC(=O)NCCCN2CCN(c3ccccc3)CC2)n2cccc2)cc1. The quantitative estimate of drug-likeness (QED) is 0.481. The third-order valence-corrected chi connectivity index (χ3v) is 6.33. The summed E-state index contributed by atoms with van der Waals surface area (Å²) in [6.07, 6.45) is 5.40. The summed E-state index contributed by atoms with van der Waals surface area (Å²) in [6, 6.07) is 22.5. The third-order valence-electron chi connectivity index (χ3n) is 6.33. The monoisotopic (exact) mass is 446 g/mol. The van der Waals surface area contributed by atoms with Crippen LogP contribution in [0.3, 0.4) is 0 Å². The van der Waals surface area contributed by atoms with Crippen LogP contribution >= 0.6 is 0 Å². The first-order chi connectivity index (χ1) is 16.2. The molecule has 0 bridgehead atoms. The molecule has 33 heavy (non-hydrogen) atoms. The highest BCUT2D eigenvalue weighted by Gasteiger charge is 2.19. The zero-order valence-corrected chi connectivity index (χ0v) is 19.4. The number of rotatable bonds is 10. The topological polar surface area (TPSA) is 49.7 Å². The number of methoxy groups -OCH3 is 1. The number of hydrogen-bond donors (Lipinski definition) is 1. The summed E-state index contributed by atoms with van der Waals surface area (Å²) in [5.74, 6) is 0.900. The lowest BCUT2D eigenvalue weighted by molar-refractivity contribution is -0.121. The van der Waals surface area contributed by atoms with Crippen LogP contribution < -0.4 is 15.0 Å². The van der Waals surface area contributed by atoms with Crippen LogP contribution in [0.4, 0.5) is 5.69 Å². The number of carbonyl (C=O) groups is 1. The van der Waals surface area contributed by atoms with E-state index in [2.05, 4.69) is 50.0 Å². The van der Waals surface area contributed by atoms with Gasteiger partial charge in [-0.05, 0) is 54.9 Å². The Bertz CT molecular complexity index is 965. The average Bonchev–Trinajstić information content (AvgIpc) is 3.41. The van der Waals surface area contributed by atoms with E-state index >= 15 is 0 Å². The van der Waals surface area contributed by atoms with Crippen molar-refractivity contribution >= 4 is 11.6 Å². The Labute approximate surface area is 196 Å². The van der Waals surface area contributed by atoms with Gasteiger partial charge in [0.05, 0.1) is 19.6 Å². The molecule has 6 heteroatoms. The molecule has 174 valence electrons. The standard InChI is InChI=1S/C27H34N4O2/c1-33-25-12-10-23(11-13-25)26(31-16-5-6-17-31)22-27(32)28-14-7-15-29-18-20-30(21-19-29)24-8-3-2-4-9-24/h2-6,8-13,16-17,26H,7,14-15,18-22H2,1H3,(H,28,32). The minimum absolute atomic E-state index is 0.0306. The number of nitrogens with one attached hydrogen (secondary N) is 1. The number of aromatic nitrogens is 1. The van der Waals surface area contributed by atoms with E-state index in [-0.39, 0.29) is 11.9 Å². The second kappa shape index (κ2) is 11.6. The van der Waals surface area contributed by atoms with Crippen LogP contribution in [0.1, 0.15) is 24.4 Å². The maximum Gasteiger partial charge on any atom is 0.222 e. The van der Waals surface area contributed by atoms with E-state index in [0.29, 0.717) is 13.0 Å². The molecule has 1 N–H and O–H groups in total. The summed E-state index contributed by atoms with van der Waals surface area (Å²) in [6.45, 7) is 5.96. The number of amides is 1. The molecular formula is C27H34N4O2. The molecule has 2 aromatic carbocycles. The highest BCUT2D eigenvalue weighted by atomic mass is 16.5. The van der Waals surface area contributed by atoms with Gasteiger partial charge in [-0.2, -0.15) is 0 Å². The summed E-state index contributed by atoms with van der Waals surface area (Å²) < 4.78 is 7.36. The predicted octanol–water partition coefficient (Wildman–Crippen LogP) is 3.80. The van der Waals surface area contributed by atoms with E-state index in [1.165, 1.54) is 5.69 Å². The Morgan fingerprint density at radius 2 is 1.64 bits per heavy atom. The molecule has 1 aromatic heterocycles. The molecule has 0 spiro atoms. The van der Waals surface area contributed by atoms with Gasteiger partial charge in [0, 0.05) is 50.8 Å². The maximum absolute atomic E-state index is 12.7. The summed E-state index contributed by atoms with van der Waals surface area (Å²) in [5, 5.41) is 3.13. The van der Waals surface area contributed by atoms with Crippen LogP contribution in [-0.2, 0) is 4.79 Å². The Hall–Kier alpha value is -3.25. The Balaban J connectivity index is 1.20. The molecule has 1 unspecified atom stereocenters. The fraction of sp³-hybridized carbons (Fsp3) is 0.370. The van der Waals surface area contributed by atoms with Crippen LogP contribution in [0, 0.1) is 0 Å². The summed E-state index contributed by atoms with van der Waals surface area (Å²) in [5.41, 5.74) is 2.40. The molecule has 6 nitrogen and oxygen atoms in total. The van der Waals surface area contributed by atoms with E-state index < -0.39 is 0 Å². The number of para-hydroxylation sites is 1. The molecule has 0 radical (unpaired) electrons. The van der Waals surface area contributed by atoms with Crippen molar-refractivity contribution < 1.29 is 9.53 Å². The van der Waals surface area contributed by atoms with Crippen molar-refractivity contribution in [2.45, 2.75) is 18.9 Å². The lowest BCUT2D eigenvalue weighted by Gasteiger charge is -2.36. The van der Waals surface area contributed by atoms with Crippen molar-refractivity contribution in [1.29, 1.82) is 0 Å². The minimum Gasteiger partial charge on any atom is -0.497 e. The Morgan fingerprint density at radius 1 is 0.939 bits per heavy atom. The van der Waals surface area contributed by atoms with Gasteiger partial charge < -0.3 is 19.5 Å². The van der Waals surface area contributed by atoms with Crippen LogP contribution in [0.2, 0.25) is 0 Å². The highest BCUT2D eigenvalue weighted by Crippen LogP contribution is 2.24. The van der Waals surface area contributed by atoms with Gasteiger partial charge in [0.2, 0.25) is 5.91 Å². The van der Waals surface area contributed by atoms with E-state index in [9.17, 15) is 4.79 Å². The molecule has 0 aliphatic carbocycles. The van der Waals surface area contributed by atoms with Crippen LogP contribution in [0.15, 0.2) is 79.1 Å². The molecule has 4 rings (SSSR count). The van der Waals surface area contributed by atoms with Crippen molar-refractivity contribution in [3.63, 3.8) is 0 Å². The normalized spacial score (nSPS) is 15.2. The van der Waals surface area contributed by atoms with Gasteiger partial charge in [0.15, 0.2) is 0 Å². The van der Waals surface area contributed by atoms with Crippen molar-refractivity contribution in [3.8, 4) is 5.75 Å². The zero-order chi connectivity index (χ0) is 22.9. The predicted molar refractivity (Wildman–Crippen MR) is 133 cm³/mol. The fourth-order valence-corrected chi connectivity index (χ4v) is 4.42. The minimum atomic E-state index is -0.0306. The molecule has 1 amide bonds. The molecule has 1 aliphatic rings. The molecular weight excluding hydrogens is 412 g/mol. The highest BCUT2D eigenvalue weighted by molar-refractivity contribution is 5.76. The molecule has 0 saturated carbocycles. The number of benzene rings is 2. The Kier molecular flexibility index (Phi) is 8.04. The molecule has 1 saturated heterocycles. The summed E-state index contributed by atoms with van der Waals surface area (Å²) in [7, 11) is 1.66. The van der Waals surface area contributed by atoms with Crippen LogP contribution in [0.25, 0.3) is 0 Å². The Morgan fingerprint density at radius 3 is 2.30 bits per heavy atom. The van der Waals surface area contributed by atoms with E-state index in [1.807, 2.05) is 48.8 Å². The zero-order valence-electron chi connectivity index (χ0n) is 19.4. The number of anilines is 1. The van der Waals surface area contributed by atoms with Gasteiger partial charge in [-0.25, -0.2) is 0 Å². The smallest absolute Gasteiger partial charge is 0.222 e. The van der Waals surface area contributed by atoms with Gasteiger partial charge in [-0.1, -0.05) is 30.3 Å². The van der Waals surface area contributed by atoms with Gasteiger partial charge in [-0.3, -0.25) is 9.69 Å². The number of piperazine rings is 1. The van der Waals surface area contributed by atoms with Gasteiger partial charge in [0.25, 0.3) is 0 Å². The number of carbonyl (C=O) groups excluding carboxylic acids is 1. The van der Waals surface area contributed by atoms with Crippen LogP contribution in [-0.4, -0.2) is 61.8 Å². The number of ether oxygens (including phenoxy) is 1. The molecule has 3 aromatic rings. The maximum atomic E-state index is 12.7. The largest absolute Gasteiger partial charge is 0.497 e. The molecule has 2 heterocycles. The lowest BCUT2D eigenvalue weighted by atomic mass is 10.0. The number of nitrogens with zero attached hydrogens (tertiary/aromatic N) is 3. The van der Waals surface area contributed by atoms with Crippen molar-refractivity contribution in [3.05, 3.63) is 84.7 Å². The van der Waals surface area contributed by atoms with E-state index in [0.717, 1.165) is 50.5 Å². The van der Waals surface area contributed by atoms with Crippen LogP contribution in [0.5, 0.6) is 5.75 Å². The second-order valence-corrected chi connectivity index (χ2v) is 8.49. The summed E-state index contributed by atoms with van der Waals surface area (Å²) >= 11 is 0. The van der Waals surface area contributed by atoms with Gasteiger partial charge >= 0.3 is 0 Å². The van der Waals surface area contributed by atoms with Crippen molar-refractivity contribution in [2.75, 3.05) is 51.3 Å². The van der Waals surface area contributed by atoms with E-state index in [4.69, 9.17) is 4.74 Å². The van der Waals surface area contributed by atoms with Crippen molar-refractivity contribution in [1.82, 2.24) is 14.8 Å². The summed E-state index contributed by atoms with van der Waals surface area (Å²) in [4.78, 5) is 17.7. The first kappa shape index (κ1) is 22.9. The molecule has 1 fully saturated rings. The number of hydrogen-bond acceptors (Lipinski definition) is 4. The molecule has 1 atom stereocenters.